The van der Waals surface area contributed by atoms with E-state index in [0.29, 0.717) is 18.8 Å². The molecular formula is C29H40F2O. The van der Waals surface area contributed by atoms with Crippen molar-refractivity contribution in [3.63, 3.8) is 0 Å². The van der Waals surface area contributed by atoms with Gasteiger partial charge in [0, 0.05) is 12.0 Å². The topological polar surface area (TPSA) is 9.23 Å². The Bertz CT molecular complexity index is 778. The molecule has 0 atom stereocenters. The summed E-state index contributed by atoms with van der Waals surface area (Å²) in [5.41, 5.74) is 2.74. The highest BCUT2D eigenvalue weighted by Crippen LogP contribution is 2.27. The highest BCUT2D eigenvalue weighted by molar-refractivity contribution is 5.61. The number of benzene rings is 2. The van der Waals surface area contributed by atoms with E-state index >= 15 is 0 Å². The minimum Gasteiger partial charge on any atom is -0.489 e. The summed E-state index contributed by atoms with van der Waals surface area (Å²) in [5.74, 6) is -0.770. The van der Waals surface area contributed by atoms with Crippen LogP contribution in [0.5, 0.6) is 5.75 Å². The van der Waals surface area contributed by atoms with Gasteiger partial charge in [0.25, 0.3) is 0 Å². The molecule has 2 aromatic rings. The van der Waals surface area contributed by atoms with Gasteiger partial charge >= 0.3 is 0 Å². The first kappa shape index (κ1) is 26.1. The monoisotopic (exact) mass is 442 g/mol. The Hall–Kier alpha value is -2.16. The molecule has 2 rings (SSSR count). The molecule has 3 heteroatoms. The number of ether oxygens (including phenoxy) is 1. The molecule has 0 aliphatic heterocycles. The maximum atomic E-state index is 14.2. The Morgan fingerprint density at radius 2 is 1.22 bits per heavy atom. The summed E-state index contributed by atoms with van der Waals surface area (Å²) in [4.78, 5) is 0. The van der Waals surface area contributed by atoms with Crippen molar-refractivity contribution in [2.24, 2.45) is 0 Å². The van der Waals surface area contributed by atoms with E-state index in [1.807, 2.05) is 6.92 Å². The minimum absolute atomic E-state index is 0.160. The zero-order chi connectivity index (χ0) is 23.0. The van der Waals surface area contributed by atoms with Gasteiger partial charge < -0.3 is 4.74 Å². The smallest absolute Gasteiger partial charge is 0.161 e. The van der Waals surface area contributed by atoms with Crippen LogP contribution in [0.3, 0.4) is 0 Å². The summed E-state index contributed by atoms with van der Waals surface area (Å²) >= 11 is 0. The van der Waals surface area contributed by atoms with E-state index in [-0.39, 0.29) is 12.0 Å². The maximum absolute atomic E-state index is 14.2. The third-order valence-electron chi connectivity index (χ3n) is 5.84. The number of halogens is 2. The Balaban J connectivity index is 1.73. The molecule has 0 saturated heterocycles. The first-order chi connectivity index (χ1) is 15.6. The number of allylic oxidation sites excluding steroid dienone is 1. The lowest BCUT2D eigenvalue weighted by molar-refractivity contribution is 0.306. The van der Waals surface area contributed by atoms with Gasteiger partial charge in [0.05, 0.1) is 0 Å². The minimum atomic E-state index is -0.760. The number of rotatable bonds is 16. The first-order valence-corrected chi connectivity index (χ1v) is 12.5. The molecule has 0 aliphatic rings. The normalized spacial score (nSPS) is 12.0. The van der Waals surface area contributed by atoms with Crippen molar-refractivity contribution >= 4 is 5.83 Å². The molecule has 0 aliphatic carbocycles. The van der Waals surface area contributed by atoms with Crippen LogP contribution in [0.25, 0.3) is 5.83 Å². The summed E-state index contributed by atoms with van der Waals surface area (Å²) in [5, 5.41) is 0. The fourth-order valence-corrected chi connectivity index (χ4v) is 3.75. The van der Waals surface area contributed by atoms with Crippen LogP contribution in [-0.2, 0) is 13.0 Å². The average Bonchev–Trinajstić information content (AvgIpc) is 2.83. The van der Waals surface area contributed by atoms with Crippen LogP contribution in [-0.4, -0.2) is 0 Å². The number of hydrogen-bond acceptors (Lipinski definition) is 1. The zero-order valence-corrected chi connectivity index (χ0v) is 20.0. The summed E-state index contributed by atoms with van der Waals surface area (Å²) in [6.07, 6.45) is 13.2. The quantitative estimate of drug-likeness (QED) is 0.235. The molecule has 2 aromatic carbocycles. The van der Waals surface area contributed by atoms with E-state index < -0.39 is 11.7 Å². The first-order valence-electron chi connectivity index (χ1n) is 12.5. The second-order valence-corrected chi connectivity index (χ2v) is 8.68. The number of aryl methyl sites for hydroxylation is 1. The van der Waals surface area contributed by atoms with Crippen molar-refractivity contribution in [2.45, 2.75) is 97.5 Å². The van der Waals surface area contributed by atoms with Crippen molar-refractivity contribution in [3.8, 4) is 5.75 Å². The molecular weight excluding hydrogens is 402 g/mol. The van der Waals surface area contributed by atoms with Gasteiger partial charge in [-0.1, -0.05) is 89.5 Å². The molecule has 32 heavy (non-hydrogen) atoms. The fraction of sp³-hybridized carbons (Fsp3) is 0.517. The average molecular weight is 443 g/mol. The van der Waals surface area contributed by atoms with Crippen LogP contribution in [0.2, 0.25) is 0 Å². The molecule has 0 bridgehead atoms. The van der Waals surface area contributed by atoms with Crippen LogP contribution in [0.15, 0.2) is 54.4 Å². The van der Waals surface area contributed by atoms with Crippen molar-refractivity contribution in [2.75, 3.05) is 0 Å². The molecule has 0 unspecified atom stereocenters. The van der Waals surface area contributed by atoms with E-state index in [4.69, 9.17) is 4.74 Å². The van der Waals surface area contributed by atoms with E-state index in [0.717, 1.165) is 24.8 Å². The Morgan fingerprint density at radius 3 is 1.88 bits per heavy atom. The van der Waals surface area contributed by atoms with Gasteiger partial charge in [-0.3, -0.25) is 0 Å². The van der Waals surface area contributed by atoms with Crippen LogP contribution in [0.1, 0.15) is 101 Å². The fourth-order valence-electron chi connectivity index (χ4n) is 3.75. The Morgan fingerprint density at radius 1 is 0.656 bits per heavy atom. The van der Waals surface area contributed by atoms with Crippen molar-refractivity contribution in [1.29, 1.82) is 0 Å². The van der Waals surface area contributed by atoms with E-state index in [9.17, 15) is 8.78 Å². The number of hydrogen-bond donors (Lipinski definition) is 0. The molecule has 0 N–H and O–H groups in total. The summed E-state index contributed by atoms with van der Waals surface area (Å²) in [6, 6.07) is 15.1. The summed E-state index contributed by atoms with van der Waals surface area (Å²) in [7, 11) is 0. The van der Waals surface area contributed by atoms with Gasteiger partial charge in [-0.25, -0.2) is 8.78 Å². The van der Waals surface area contributed by atoms with Crippen LogP contribution in [0.4, 0.5) is 8.78 Å². The lowest BCUT2D eigenvalue weighted by Crippen LogP contribution is -1.96. The van der Waals surface area contributed by atoms with Gasteiger partial charge in [-0.2, -0.15) is 0 Å². The third kappa shape index (κ3) is 9.97. The largest absolute Gasteiger partial charge is 0.489 e. The lowest BCUT2D eigenvalue weighted by atomic mass is 10.0. The Labute approximate surface area is 193 Å². The van der Waals surface area contributed by atoms with Gasteiger partial charge in [0.1, 0.15) is 18.2 Å². The van der Waals surface area contributed by atoms with Gasteiger partial charge in [0.15, 0.2) is 5.83 Å². The molecule has 0 spiro atoms. The summed E-state index contributed by atoms with van der Waals surface area (Å²) in [6.45, 7) is 4.76. The molecule has 0 fully saturated rings. The van der Waals surface area contributed by atoms with Crippen LogP contribution >= 0.6 is 0 Å². The molecule has 0 radical (unpaired) electrons. The Kier molecular flexibility index (Phi) is 12.7. The van der Waals surface area contributed by atoms with Crippen LogP contribution < -0.4 is 4.74 Å². The van der Waals surface area contributed by atoms with Gasteiger partial charge in [0.2, 0.25) is 0 Å². The van der Waals surface area contributed by atoms with E-state index in [1.165, 1.54) is 50.5 Å². The number of unbranched alkanes of at least 4 members (excludes halogenated alkanes) is 8. The molecule has 0 amide bonds. The maximum Gasteiger partial charge on any atom is 0.161 e. The van der Waals surface area contributed by atoms with Crippen molar-refractivity contribution in [1.82, 2.24) is 0 Å². The molecule has 1 nitrogen and oxygen atoms in total. The van der Waals surface area contributed by atoms with E-state index in [2.05, 4.69) is 31.2 Å². The summed E-state index contributed by atoms with van der Waals surface area (Å²) < 4.78 is 34.0. The van der Waals surface area contributed by atoms with Gasteiger partial charge in [-0.05, 0) is 54.7 Å². The molecule has 0 heterocycles. The predicted octanol–water partition coefficient (Wildman–Crippen LogP) is 9.75. The zero-order valence-electron chi connectivity index (χ0n) is 20.0. The molecule has 176 valence electrons. The van der Waals surface area contributed by atoms with Crippen molar-refractivity contribution in [3.05, 3.63) is 71.0 Å². The van der Waals surface area contributed by atoms with Crippen molar-refractivity contribution < 1.29 is 13.5 Å². The second kappa shape index (κ2) is 15.6. The van der Waals surface area contributed by atoms with Gasteiger partial charge in [-0.15, -0.1) is 0 Å². The second-order valence-electron chi connectivity index (χ2n) is 8.68. The third-order valence-corrected chi connectivity index (χ3v) is 5.84. The standard InChI is InChI=1S/C29H40F2O/c1-3-5-7-8-9-10-12-13-24-15-17-25(18-16-24)23-32-27-21-19-26(20-22-27)29(31)28(30)14-11-6-4-2/h15-22H,3-14,23H2,1-2H3/b29-28-. The highest BCUT2D eigenvalue weighted by Gasteiger charge is 2.09. The highest BCUT2D eigenvalue weighted by atomic mass is 19.2. The molecule has 0 saturated carbocycles. The predicted molar refractivity (Wildman–Crippen MR) is 132 cm³/mol. The van der Waals surface area contributed by atoms with E-state index in [1.54, 1.807) is 24.3 Å². The SMILES string of the molecule is CCCCCCCCCc1ccc(COc2ccc(/C(F)=C(/F)CCCCC)cc2)cc1. The molecule has 0 aromatic heterocycles. The van der Waals surface area contributed by atoms with Crippen LogP contribution in [0, 0.1) is 0 Å². The lowest BCUT2D eigenvalue weighted by Gasteiger charge is -2.08.